The van der Waals surface area contributed by atoms with Gasteiger partial charge in [0.15, 0.2) is 0 Å². The highest BCUT2D eigenvalue weighted by molar-refractivity contribution is 4.88. The molecule has 15 heavy (non-hydrogen) atoms. The molecule has 2 nitrogen and oxygen atoms in total. The first-order chi connectivity index (χ1) is 7.35. The van der Waals surface area contributed by atoms with Crippen LogP contribution in [-0.2, 0) is 4.74 Å². The second kappa shape index (κ2) is 5.31. The van der Waals surface area contributed by atoms with Crippen LogP contribution in [0.4, 0.5) is 0 Å². The van der Waals surface area contributed by atoms with Crippen molar-refractivity contribution in [1.29, 1.82) is 0 Å². The maximum Gasteiger partial charge on any atom is 0.0806 e. The quantitative estimate of drug-likeness (QED) is 0.729. The molecule has 1 N–H and O–H groups in total. The number of nitrogens with one attached hydrogen (secondary N) is 1. The van der Waals surface area contributed by atoms with Crippen molar-refractivity contribution in [2.45, 2.75) is 57.0 Å². The van der Waals surface area contributed by atoms with Crippen molar-refractivity contribution in [3.8, 4) is 0 Å². The van der Waals surface area contributed by atoms with Crippen LogP contribution in [0.15, 0.2) is 0 Å². The fraction of sp³-hybridized carbons (Fsp3) is 1.00. The standard InChI is InChI=1S/C13H25NO/c1-14-11-13(8-2-3-9-13)15-10-7-12-5-4-6-12/h12,14H,2-11H2,1H3. The smallest absolute Gasteiger partial charge is 0.0806 e. The predicted octanol–water partition coefficient (Wildman–Crippen LogP) is 2.73. The van der Waals surface area contributed by atoms with Gasteiger partial charge in [0, 0.05) is 13.2 Å². The van der Waals surface area contributed by atoms with Crippen LogP contribution in [0.3, 0.4) is 0 Å². The van der Waals surface area contributed by atoms with Gasteiger partial charge in [-0.2, -0.15) is 0 Å². The number of ether oxygens (including phenoxy) is 1. The molecular weight excluding hydrogens is 186 g/mol. The average molecular weight is 211 g/mol. The number of hydrogen-bond acceptors (Lipinski definition) is 2. The summed E-state index contributed by atoms with van der Waals surface area (Å²) in [4.78, 5) is 0. The second-order valence-corrected chi connectivity index (χ2v) is 5.35. The number of hydrogen-bond donors (Lipinski definition) is 1. The van der Waals surface area contributed by atoms with Crippen LogP contribution in [0.2, 0.25) is 0 Å². The first-order valence-electron chi connectivity index (χ1n) is 6.63. The van der Waals surface area contributed by atoms with Gasteiger partial charge in [0.1, 0.15) is 0 Å². The van der Waals surface area contributed by atoms with E-state index in [1.807, 2.05) is 7.05 Å². The molecule has 0 aromatic heterocycles. The van der Waals surface area contributed by atoms with Crippen LogP contribution in [0.5, 0.6) is 0 Å². The molecule has 0 bridgehead atoms. The highest BCUT2D eigenvalue weighted by Crippen LogP contribution is 2.34. The lowest BCUT2D eigenvalue weighted by molar-refractivity contribution is -0.0461. The van der Waals surface area contributed by atoms with E-state index in [0.29, 0.717) is 0 Å². The van der Waals surface area contributed by atoms with E-state index in [9.17, 15) is 0 Å². The average Bonchev–Trinajstić information content (AvgIpc) is 2.59. The Labute approximate surface area is 93.8 Å². The number of rotatable bonds is 6. The fourth-order valence-electron chi connectivity index (χ4n) is 2.94. The molecule has 2 rings (SSSR count). The van der Waals surface area contributed by atoms with E-state index >= 15 is 0 Å². The zero-order valence-corrected chi connectivity index (χ0v) is 10.1. The lowest BCUT2D eigenvalue weighted by Crippen LogP contribution is -2.40. The minimum Gasteiger partial charge on any atom is -0.374 e. The van der Waals surface area contributed by atoms with Crippen molar-refractivity contribution in [3.05, 3.63) is 0 Å². The Balaban J connectivity index is 1.68. The van der Waals surface area contributed by atoms with Crippen LogP contribution in [0.1, 0.15) is 51.4 Å². The van der Waals surface area contributed by atoms with E-state index < -0.39 is 0 Å². The van der Waals surface area contributed by atoms with Crippen LogP contribution >= 0.6 is 0 Å². The van der Waals surface area contributed by atoms with Crippen LogP contribution in [0, 0.1) is 5.92 Å². The molecule has 0 spiro atoms. The van der Waals surface area contributed by atoms with Crippen molar-refractivity contribution in [2.24, 2.45) is 5.92 Å². The van der Waals surface area contributed by atoms with Crippen molar-refractivity contribution >= 4 is 0 Å². The molecule has 0 aromatic carbocycles. The first-order valence-corrected chi connectivity index (χ1v) is 6.63. The van der Waals surface area contributed by atoms with Gasteiger partial charge in [0.2, 0.25) is 0 Å². The maximum absolute atomic E-state index is 6.17. The van der Waals surface area contributed by atoms with E-state index in [0.717, 1.165) is 19.1 Å². The summed E-state index contributed by atoms with van der Waals surface area (Å²) in [7, 11) is 2.04. The van der Waals surface area contributed by atoms with Gasteiger partial charge in [-0.25, -0.2) is 0 Å². The third kappa shape index (κ3) is 2.94. The number of likely N-dealkylation sites (N-methyl/N-ethyl adjacent to an activating group) is 1. The summed E-state index contributed by atoms with van der Waals surface area (Å²) >= 11 is 0. The SMILES string of the molecule is CNCC1(OCCC2CCC2)CCCC1. The van der Waals surface area contributed by atoms with Gasteiger partial charge >= 0.3 is 0 Å². The molecule has 0 aliphatic heterocycles. The monoisotopic (exact) mass is 211 g/mol. The molecule has 0 saturated heterocycles. The Bertz CT molecular complexity index is 183. The van der Waals surface area contributed by atoms with Gasteiger partial charge in [-0.15, -0.1) is 0 Å². The normalized spacial score (nSPS) is 25.4. The Morgan fingerprint density at radius 3 is 2.47 bits per heavy atom. The summed E-state index contributed by atoms with van der Waals surface area (Å²) in [5, 5.41) is 3.29. The molecule has 0 aromatic rings. The van der Waals surface area contributed by atoms with Gasteiger partial charge in [-0.3, -0.25) is 0 Å². The van der Waals surface area contributed by atoms with Crippen molar-refractivity contribution < 1.29 is 4.74 Å². The molecule has 0 heterocycles. The van der Waals surface area contributed by atoms with Gasteiger partial charge < -0.3 is 10.1 Å². The molecule has 88 valence electrons. The molecular formula is C13H25NO. The zero-order chi connectivity index (χ0) is 10.6. The highest BCUT2D eigenvalue weighted by Gasteiger charge is 2.34. The molecule has 2 fully saturated rings. The Morgan fingerprint density at radius 1 is 1.20 bits per heavy atom. The summed E-state index contributed by atoms with van der Waals surface area (Å²) in [5.41, 5.74) is 0.193. The zero-order valence-electron chi connectivity index (χ0n) is 10.1. The summed E-state index contributed by atoms with van der Waals surface area (Å²) in [6, 6.07) is 0. The summed E-state index contributed by atoms with van der Waals surface area (Å²) in [6.45, 7) is 2.03. The van der Waals surface area contributed by atoms with Crippen LogP contribution in [-0.4, -0.2) is 25.8 Å². The Morgan fingerprint density at radius 2 is 1.93 bits per heavy atom. The minimum absolute atomic E-state index is 0.193. The van der Waals surface area contributed by atoms with E-state index in [2.05, 4.69) is 5.32 Å². The van der Waals surface area contributed by atoms with E-state index in [4.69, 9.17) is 4.74 Å². The van der Waals surface area contributed by atoms with Gasteiger partial charge in [-0.05, 0) is 32.2 Å². The van der Waals surface area contributed by atoms with E-state index in [-0.39, 0.29) is 5.60 Å². The van der Waals surface area contributed by atoms with Crippen LogP contribution < -0.4 is 5.32 Å². The molecule has 0 radical (unpaired) electrons. The summed E-state index contributed by atoms with van der Waals surface area (Å²) in [6.07, 6.45) is 10.9. The molecule has 0 amide bonds. The van der Waals surface area contributed by atoms with Crippen LogP contribution in [0.25, 0.3) is 0 Å². The first kappa shape index (κ1) is 11.4. The van der Waals surface area contributed by atoms with Gasteiger partial charge in [0.25, 0.3) is 0 Å². The minimum atomic E-state index is 0.193. The van der Waals surface area contributed by atoms with Gasteiger partial charge in [0.05, 0.1) is 5.60 Å². The lowest BCUT2D eigenvalue weighted by Gasteiger charge is -2.31. The maximum atomic E-state index is 6.17. The molecule has 2 heteroatoms. The Kier molecular flexibility index (Phi) is 4.04. The molecule has 0 unspecified atom stereocenters. The van der Waals surface area contributed by atoms with E-state index in [1.165, 1.54) is 51.4 Å². The van der Waals surface area contributed by atoms with Crippen molar-refractivity contribution in [1.82, 2.24) is 5.32 Å². The third-order valence-electron chi connectivity index (χ3n) is 4.17. The summed E-state index contributed by atoms with van der Waals surface area (Å²) < 4.78 is 6.17. The molecule has 0 atom stereocenters. The highest BCUT2D eigenvalue weighted by atomic mass is 16.5. The second-order valence-electron chi connectivity index (χ2n) is 5.35. The topological polar surface area (TPSA) is 21.3 Å². The predicted molar refractivity (Wildman–Crippen MR) is 63.0 cm³/mol. The van der Waals surface area contributed by atoms with Crippen molar-refractivity contribution in [2.75, 3.05) is 20.2 Å². The Hall–Kier alpha value is -0.0800. The van der Waals surface area contributed by atoms with Gasteiger partial charge in [-0.1, -0.05) is 32.1 Å². The van der Waals surface area contributed by atoms with E-state index in [1.54, 1.807) is 0 Å². The molecule has 2 saturated carbocycles. The lowest BCUT2D eigenvalue weighted by atomic mass is 9.83. The summed E-state index contributed by atoms with van der Waals surface area (Å²) in [5.74, 6) is 0.984. The van der Waals surface area contributed by atoms with Crippen molar-refractivity contribution in [3.63, 3.8) is 0 Å². The fourth-order valence-corrected chi connectivity index (χ4v) is 2.94. The largest absolute Gasteiger partial charge is 0.374 e. The third-order valence-corrected chi connectivity index (χ3v) is 4.17. The molecule has 2 aliphatic rings. The molecule has 2 aliphatic carbocycles.